The van der Waals surface area contributed by atoms with Gasteiger partial charge in [0.2, 0.25) is 0 Å². The molecule has 2 N–H and O–H groups in total. The molecule has 1 rings (SSSR count). The van der Waals surface area contributed by atoms with Gasteiger partial charge in [-0.15, -0.1) is 0 Å². The fourth-order valence-corrected chi connectivity index (χ4v) is 2.70. The Kier molecular flexibility index (Phi) is 7.41. The highest BCUT2D eigenvalue weighted by molar-refractivity contribution is 5.74. The van der Waals surface area contributed by atoms with Crippen LogP contribution in [0.25, 0.3) is 0 Å². The van der Waals surface area contributed by atoms with Crippen molar-refractivity contribution < 1.29 is 14.3 Å². The van der Waals surface area contributed by atoms with Crippen LogP contribution in [0.1, 0.15) is 52.4 Å². The van der Waals surface area contributed by atoms with Crippen LogP contribution in [0.15, 0.2) is 0 Å². The summed E-state index contributed by atoms with van der Waals surface area (Å²) in [6.07, 6.45) is 5.46. The molecule has 0 bridgehead atoms. The summed E-state index contributed by atoms with van der Waals surface area (Å²) in [4.78, 5) is 22.7. The summed E-state index contributed by atoms with van der Waals surface area (Å²) < 4.78 is 4.56. The van der Waals surface area contributed by atoms with Crippen LogP contribution in [-0.4, -0.2) is 31.7 Å². The Morgan fingerprint density at radius 2 is 1.95 bits per heavy atom. The van der Waals surface area contributed by atoms with Crippen LogP contribution >= 0.6 is 0 Å². The number of unbranched alkanes of at least 4 members (excludes halogenated alkanes) is 1. The lowest BCUT2D eigenvalue weighted by molar-refractivity contribution is -0.140. The maximum atomic E-state index is 11.8. The van der Waals surface area contributed by atoms with Crippen LogP contribution in [0.2, 0.25) is 0 Å². The van der Waals surface area contributed by atoms with Gasteiger partial charge in [0.05, 0.1) is 7.11 Å². The van der Waals surface area contributed by atoms with Crippen LogP contribution in [0.5, 0.6) is 0 Å². The third-order valence-electron chi connectivity index (χ3n) is 4.34. The normalized spacial score (nSPS) is 25.9. The van der Waals surface area contributed by atoms with E-state index >= 15 is 0 Å². The maximum Gasteiger partial charge on any atom is 0.315 e. The number of amides is 2. The van der Waals surface area contributed by atoms with Crippen LogP contribution < -0.4 is 10.6 Å². The van der Waals surface area contributed by atoms with Crippen molar-refractivity contribution in [1.29, 1.82) is 0 Å². The van der Waals surface area contributed by atoms with E-state index in [1.807, 2.05) is 0 Å². The van der Waals surface area contributed by atoms with Crippen molar-refractivity contribution in [2.24, 2.45) is 11.8 Å². The second-order valence-corrected chi connectivity index (χ2v) is 5.81. The first-order chi connectivity index (χ1) is 9.54. The third kappa shape index (κ3) is 5.80. The van der Waals surface area contributed by atoms with E-state index in [4.69, 9.17) is 0 Å². The molecule has 1 fully saturated rings. The van der Waals surface area contributed by atoms with E-state index in [1.54, 1.807) is 0 Å². The molecule has 5 nitrogen and oxygen atoms in total. The molecule has 2 amide bonds. The molecule has 3 atom stereocenters. The van der Waals surface area contributed by atoms with Gasteiger partial charge in [-0.25, -0.2) is 4.79 Å². The Hall–Kier alpha value is -1.26. The first-order valence-corrected chi connectivity index (χ1v) is 7.65. The standard InChI is InChI=1S/C15H28N2O3/c1-11-7-6-8-13(12(11)2)17-15(19)16-10-5-4-9-14(18)20-3/h11-13H,4-10H2,1-3H3,(H2,16,17,19). The average Bonchev–Trinajstić information content (AvgIpc) is 2.43. The zero-order valence-corrected chi connectivity index (χ0v) is 12.9. The molecule has 116 valence electrons. The highest BCUT2D eigenvalue weighted by Gasteiger charge is 2.27. The van der Waals surface area contributed by atoms with Crippen molar-refractivity contribution in [3.05, 3.63) is 0 Å². The van der Waals surface area contributed by atoms with E-state index in [0.717, 1.165) is 19.3 Å². The van der Waals surface area contributed by atoms with Gasteiger partial charge in [-0.1, -0.05) is 26.7 Å². The zero-order valence-electron chi connectivity index (χ0n) is 12.9. The van der Waals surface area contributed by atoms with E-state index < -0.39 is 0 Å². The molecular formula is C15H28N2O3. The quantitative estimate of drug-likeness (QED) is 0.581. The minimum Gasteiger partial charge on any atom is -0.469 e. The number of urea groups is 1. The van der Waals surface area contributed by atoms with Crippen molar-refractivity contribution in [3.63, 3.8) is 0 Å². The summed E-state index contributed by atoms with van der Waals surface area (Å²) in [5.74, 6) is 1.02. The maximum absolute atomic E-state index is 11.8. The fourth-order valence-electron chi connectivity index (χ4n) is 2.70. The first-order valence-electron chi connectivity index (χ1n) is 7.65. The second-order valence-electron chi connectivity index (χ2n) is 5.81. The molecule has 0 spiro atoms. The molecule has 0 aromatic rings. The second kappa shape index (κ2) is 8.82. The van der Waals surface area contributed by atoms with Gasteiger partial charge in [-0.3, -0.25) is 4.79 Å². The topological polar surface area (TPSA) is 67.4 Å². The summed E-state index contributed by atoms with van der Waals surface area (Å²) in [6, 6.07) is 0.197. The van der Waals surface area contributed by atoms with Gasteiger partial charge in [0.15, 0.2) is 0 Å². The van der Waals surface area contributed by atoms with Crippen LogP contribution in [0.3, 0.4) is 0 Å². The van der Waals surface area contributed by atoms with Crippen LogP contribution in [-0.2, 0) is 9.53 Å². The minimum absolute atomic E-state index is 0.0889. The molecule has 0 radical (unpaired) electrons. The van der Waals surface area contributed by atoms with Gasteiger partial charge in [-0.05, 0) is 31.1 Å². The fraction of sp³-hybridized carbons (Fsp3) is 0.867. The SMILES string of the molecule is COC(=O)CCCCNC(=O)NC1CCCC(C)C1C. The summed E-state index contributed by atoms with van der Waals surface area (Å²) in [7, 11) is 1.39. The molecule has 0 saturated heterocycles. The van der Waals surface area contributed by atoms with E-state index in [0.29, 0.717) is 24.8 Å². The first kappa shape index (κ1) is 16.8. The Labute approximate surface area is 121 Å². The number of hydrogen-bond acceptors (Lipinski definition) is 3. The molecule has 0 heterocycles. The van der Waals surface area contributed by atoms with Gasteiger partial charge in [-0.2, -0.15) is 0 Å². The largest absolute Gasteiger partial charge is 0.469 e. The number of nitrogens with one attached hydrogen (secondary N) is 2. The Morgan fingerprint density at radius 3 is 2.65 bits per heavy atom. The van der Waals surface area contributed by atoms with Gasteiger partial charge < -0.3 is 15.4 Å². The Morgan fingerprint density at radius 1 is 1.20 bits per heavy atom. The molecule has 1 aliphatic rings. The monoisotopic (exact) mass is 284 g/mol. The van der Waals surface area contributed by atoms with E-state index in [9.17, 15) is 9.59 Å². The van der Waals surface area contributed by atoms with Gasteiger partial charge in [0.25, 0.3) is 0 Å². The van der Waals surface area contributed by atoms with E-state index in [2.05, 4.69) is 29.2 Å². The highest BCUT2D eigenvalue weighted by Crippen LogP contribution is 2.29. The number of hydrogen-bond donors (Lipinski definition) is 2. The van der Waals surface area contributed by atoms with Crippen molar-refractivity contribution >= 4 is 12.0 Å². The lowest BCUT2D eigenvalue weighted by Crippen LogP contribution is -2.48. The summed E-state index contributed by atoms with van der Waals surface area (Å²) in [5.41, 5.74) is 0. The van der Waals surface area contributed by atoms with Gasteiger partial charge in [0, 0.05) is 19.0 Å². The molecule has 0 aromatic heterocycles. The van der Waals surface area contributed by atoms with Crippen LogP contribution in [0.4, 0.5) is 4.79 Å². The molecule has 20 heavy (non-hydrogen) atoms. The summed E-state index contributed by atoms with van der Waals surface area (Å²) >= 11 is 0. The third-order valence-corrected chi connectivity index (χ3v) is 4.34. The highest BCUT2D eigenvalue weighted by atomic mass is 16.5. The van der Waals surface area contributed by atoms with Crippen molar-refractivity contribution in [2.75, 3.05) is 13.7 Å². The number of carbonyl (C=O) groups is 2. The lowest BCUT2D eigenvalue weighted by atomic mass is 9.78. The molecule has 5 heteroatoms. The predicted molar refractivity (Wildman–Crippen MR) is 78.4 cm³/mol. The molecule has 0 aromatic carbocycles. The average molecular weight is 284 g/mol. The van der Waals surface area contributed by atoms with Crippen molar-refractivity contribution in [2.45, 2.75) is 58.4 Å². The zero-order chi connectivity index (χ0) is 15.0. The molecular weight excluding hydrogens is 256 g/mol. The Bertz CT molecular complexity index is 320. The van der Waals surface area contributed by atoms with E-state index in [1.165, 1.54) is 20.0 Å². The molecule has 3 unspecified atom stereocenters. The van der Waals surface area contributed by atoms with Crippen LogP contribution in [0, 0.1) is 11.8 Å². The van der Waals surface area contributed by atoms with Gasteiger partial charge in [0.1, 0.15) is 0 Å². The van der Waals surface area contributed by atoms with Gasteiger partial charge >= 0.3 is 12.0 Å². The Balaban J connectivity index is 2.12. The number of methoxy groups -OCH3 is 1. The predicted octanol–water partition coefficient (Wildman–Crippen LogP) is 2.45. The summed E-state index contributed by atoms with van der Waals surface area (Å²) in [5, 5.41) is 5.92. The summed E-state index contributed by atoms with van der Waals surface area (Å²) in [6.45, 7) is 5.06. The van der Waals surface area contributed by atoms with E-state index in [-0.39, 0.29) is 18.0 Å². The smallest absolute Gasteiger partial charge is 0.315 e. The minimum atomic E-state index is -0.195. The lowest BCUT2D eigenvalue weighted by Gasteiger charge is -2.34. The number of rotatable bonds is 6. The molecule has 1 saturated carbocycles. The molecule has 0 aliphatic heterocycles. The number of carbonyl (C=O) groups excluding carboxylic acids is 2. The number of esters is 1. The number of ether oxygens (including phenoxy) is 1. The molecule has 1 aliphatic carbocycles. The van der Waals surface area contributed by atoms with Crippen molar-refractivity contribution in [3.8, 4) is 0 Å². The van der Waals surface area contributed by atoms with Crippen molar-refractivity contribution in [1.82, 2.24) is 10.6 Å².